The first kappa shape index (κ1) is 22.6. The third-order valence-corrected chi connectivity index (χ3v) is 4.37. The molecule has 150 valence electrons. The normalized spacial score (nSPS) is 11.6. The Kier molecular flexibility index (Phi) is 8.39. The van der Waals surface area contributed by atoms with Gasteiger partial charge in [0.05, 0.1) is 11.4 Å². The van der Waals surface area contributed by atoms with Crippen LogP contribution in [-0.4, -0.2) is 21.4 Å². The van der Waals surface area contributed by atoms with Gasteiger partial charge in [-0.25, -0.2) is 9.97 Å². The second-order valence-corrected chi connectivity index (χ2v) is 6.79. The molecule has 0 aliphatic carbocycles. The summed E-state index contributed by atoms with van der Waals surface area (Å²) in [5.74, 6) is 1.09. The lowest BCUT2D eigenvalue weighted by molar-refractivity contribution is 1.11. The molecule has 29 heavy (non-hydrogen) atoms. The van der Waals surface area contributed by atoms with Gasteiger partial charge in [0, 0.05) is 16.1 Å². The molecule has 0 saturated carbocycles. The van der Waals surface area contributed by atoms with Crippen molar-refractivity contribution in [3.05, 3.63) is 82.1 Å². The monoisotopic (exact) mass is 448 g/mol. The Bertz CT molecular complexity index is 923. The van der Waals surface area contributed by atoms with E-state index in [0.717, 1.165) is 22.6 Å². The van der Waals surface area contributed by atoms with Crippen LogP contribution in [0.15, 0.2) is 71.1 Å². The first-order chi connectivity index (χ1) is 13.5. The van der Waals surface area contributed by atoms with Crippen LogP contribution >= 0.6 is 35.6 Å². The fourth-order valence-electron chi connectivity index (χ4n) is 2.27. The Morgan fingerprint density at radius 1 is 0.724 bits per heavy atom. The first-order valence-electron chi connectivity index (χ1n) is 8.46. The summed E-state index contributed by atoms with van der Waals surface area (Å²) in [6.07, 6.45) is 1.44. The Morgan fingerprint density at radius 2 is 1.10 bits per heavy atom. The Morgan fingerprint density at radius 3 is 1.48 bits per heavy atom. The third-order valence-electron chi connectivity index (χ3n) is 3.87. The summed E-state index contributed by atoms with van der Waals surface area (Å²) in [5, 5.41) is 10.1. The minimum atomic E-state index is 0. The molecule has 0 atom stereocenters. The van der Waals surface area contributed by atoms with Crippen molar-refractivity contribution < 1.29 is 0 Å². The maximum absolute atomic E-state index is 5.91. The zero-order valence-electron chi connectivity index (χ0n) is 15.7. The van der Waals surface area contributed by atoms with Crippen molar-refractivity contribution in [1.82, 2.24) is 9.97 Å². The summed E-state index contributed by atoms with van der Waals surface area (Å²) in [6, 6.07) is 16.6. The van der Waals surface area contributed by atoms with Gasteiger partial charge in [-0.3, -0.25) is 10.9 Å². The number of anilines is 2. The number of halogens is 3. The van der Waals surface area contributed by atoms with Crippen LogP contribution in [0.3, 0.4) is 0 Å². The molecule has 0 spiro atoms. The summed E-state index contributed by atoms with van der Waals surface area (Å²) in [5.41, 5.74) is 9.39. The highest BCUT2D eigenvalue weighted by molar-refractivity contribution is 6.31. The molecule has 0 radical (unpaired) electrons. The van der Waals surface area contributed by atoms with Crippen LogP contribution in [0.5, 0.6) is 0 Å². The molecular weight excluding hydrogens is 431 g/mol. The standard InChI is InChI=1S/C20H18Cl2N6.ClH/c1-13(15-3-7-17(21)8-4-15)25-27-19-11-20(24-12-23-19)28-26-14(2)16-5-9-18(22)10-6-16;/h3-12H,1-2H3,(H2,23,24,27,28);1H. The molecule has 6 nitrogen and oxygen atoms in total. The number of hydrogen-bond donors (Lipinski definition) is 2. The molecule has 1 aromatic heterocycles. The van der Waals surface area contributed by atoms with E-state index in [2.05, 4.69) is 31.0 Å². The summed E-state index contributed by atoms with van der Waals surface area (Å²) in [6.45, 7) is 3.80. The second kappa shape index (κ2) is 10.8. The van der Waals surface area contributed by atoms with E-state index >= 15 is 0 Å². The van der Waals surface area contributed by atoms with Gasteiger partial charge in [0.1, 0.15) is 6.33 Å². The summed E-state index contributed by atoms with van der Waals surface area (Å²) in [4.78, 5) is 8.32. The smallest absolute Gasteiger partial charge is 0.151 e. The largest absolute Gasteiger partial charge is 0.261 e. The number of nitrogens with one attached hydrogen (secondary N) is 2. The zero-order chi connectivity index (χ0) is 19.9. The molecule has 0 saturated heterocycles. The minimum Gasteiger partial charge on any atom is -0.261 e. The second-order valence-electron chi connectivity index (χ2n) is 5.92. The third kappa shape index (κ3) is 6.71. The number of rotatable bonds is 6. The maximum atomic E-state index is 5.91. The molecule has 0 unspecified atom stereocenters. The van der Waals surface area contributed by atoms with Gasteiger partial charge in [0.25, 0.3) is 0 Å². The SMILES string of the molecule is CC(=NNc1cc(NN=C(C)c2ccc(Cl)cc2)ncn1)c1ccc(Cl)cc1.Cl. The van der Waals surface area contributed by atoms with Crippen LogP contribution in [0, 0.1) is 0 Å². The highest BCUT2D eigenvalue weighted by Crippen LogP contribution is 2.13. The lowest BCUT2D eigenvalue weighted by Gasteiger charge is -2.06. The maximum Gasteiger partial charge on any atom is 0.151 e. The van der Waals surface area contributed by atoms with Crippen molar-refractivity contribution >= 4 is 58.7 Å². The van der Waals surface area contributed by atoms with E-state index in [1.807, 2.05) is 62.4 Å². The number of benzene rings is 2. The van der Waals surface area contributed by atoms with E-state index < -0.39 is 0 Å². The van der Waals surface area contributed by atoms with Crippen LogP contribution in [0.25, 0.3) is 0 Å². The first-order valence-corrected chi connectivity index (χ1v) is 9.21. The van der Waals surface area contributed by atoms with Gasteiger partial charge in [-0.05, 0) is 49.2 Å². The Balaban J connectivity index is 0.00000300. The predicted molar refractivity (Wildman–Crippen MR) is 124 cm³/mol. The number of nitrogens with zero attached hydrogens (tertiary/aromatic N) is 4. The van der Waals surface area contributed by atoms with Gasteiger partial charge in [0.15, 0.2) is 11.6 Å². The topological polar surface area (TPSA) is 74.6 Å². The highest BCUT2D eigenvalue weighted by atomic mass is 35.5. The molecule has 0 amide bonds. The van der Waals surface area contributed by atoms with Crippen LogP contribution < -0.4 is 10.9 Å². The summed E-state index contributed by atoms with van der Waals surface area (Å²) >= 11 is 11.8. The molecule has 9 heteroatoms. The van der Waals surface area contributed by atoms with Crippen molar-refractivity contribution in [3.8, 4) is 0 Å². The Hall–Kier alpha value is -2.67. The van der Waals surface area contributed by atoms with E-state index in [0.29, 0.717) is 21.7 Å². The van der Waals surface area contributed by atoms with Crippen molar-refractivity contribution in [2.24, 2.45) is 10.2 Å². The fraction of sp³-hybridized carbons (Fsp3) is 0.100. The van der Waals surface area contributed by atoms with E-state index in [-0.39, 0.29) is 12.4 Å². The van der Waals surface area contributed by atoms with Crippen molar-refractivity contribution in [2.45, 2.75) is 13.8 Å². The molecular formula is C20H19Cl3N6. The fourth-order valence-corrected chi connectivity index (χ4v) is 2.53. The average Bonchev–Trinajstić information content (AvgIpc) is 2.71. The van der Waals surface area contributed by atoms with Gasteiger partial charge in [0.2, 0.25) is 0 Å². The molecule has 0 fully saturated rings. The minimum absolute atomic E-state index is 0. The lowest BCUT2D eigenvalue weighted by Crippen LogP contribution is -2.03. The number of hydrogen-bond acceptors (Lipinski definition) is 6. The average molecular weight is 450 g/mol. The predicted octanol–water partition coefficient (Wildman–Crippen LogP) is 5.88. The Labute approximate surface area is 185 Å². The molecule has 3 aromatic rings. The van der Waals surface area contributed by atoms with Crippen LogP contribution in [0.2, 0.25) is 10.0 Å². The van der Waals surface area contributed by atoms with Gasteiger partial charge >= 0.3 is 0 Å². The van der Waals surface area contributed by atoms with E-state index in [1.165, 1.54) is 6.33 Å². The summed E-state index contributed by atoms with van der Waals surface area (Å²) in [7, 11) is 0. The van der Waals surface area contributed by atoms with Crippen molar-refractivity contribution in [2.75, 3.05) is 10.9 Å². The van der Waals surface area contributed by atoms with Crippen LogP contribution in [0.1, 0.15) is 25.0 Å². The zero-order valence-corrected chi connectivity index (χ0v) is 18.1. The van der Waals surface area contributed by atoms with Crippen molar-refractivity contribution in [3.63, 3.8) is 0 Å². The molecule has 1 heterocycles. The van der Waals surface area contributed by atoms with E-state index in [4.69, 9.17) is 23.2 Å². The van der Waals surface area contributed by atoms with Gasteiger partial charge in [-0.2, -0.15) is 10.2 Å². The molecule has 2 aromatic carbocycles. The van der Waals surface area contributed by atoms with Gasteiger partial charge in [-0.15, -0.1) is 12.4 Å². The quantitative estimate of drug-likeness (QED) is 0.364. The van der Waals surface area contributed by atoms with E-state index in [9.17, 15) is 0 Å². The van der Waals surface area contributed by atoms with Gasteiger partial charge in [-0.1, -0.05) is 47.5 Å². The van der Waals surface area contributed by atoms with Gasteiger partial charge < -0.3 is 0 Å². The highest BCUT2D eigenvalue weighted by Gasteiger charge is 2.01. The lowest BCUT2D eigenvalue weighted by atomic mass is 10.1. The molecule has 0 aliphatic rings. The summed E-state index contributed by atoms with van der Waals surface area (Å²) < 4.78 is 0. The van der Waals surface area contributed by atoms with Crippen LogP contribution in [0.4, 0.5) is 11.6 Å². The molecule has 3 rings (SSSR count). The number of aromatic nitrogens is 2. The number of hydrazone groups is 2. The van der Waals surface area contributed by atoms with E-state index in [1.54, 1.807) is 6.07 Å². The molecule has 0 aliphatic heterocycles. The molecule has 2 N–H and O–H groups in total. The molecule has 0 bridgehead atoms. The van der Waals surface area contributed by atoms with Crippen LogP contribution in [-0.2, 0) is 0 Å². The van der Waals surface area contributed by atoms with Crippen molar-refractivity contribution in [1.29, 1.82) is 0 Å².